The van der Waals surface area contributed by atoms with E-state index in [2.05, 4.69) is 0 Å². The Hall–Kier alpha value is -2.40. The summed E-state index contributed by atoms with van der Waals surface area (Å²) in [6.45, 7) is 3.02. The second kappa shape index (κ2) is 7.23. The van der Waals surface area contributed by atoms with Gasteiger partial charge in [0.1, 0.15) is 5.82 Å². The summed E-state index contributed by atoms with van der Waals surface area (Å²) in [5, 5.41) is 0.249. The number of halogens is 2. The number of hydrogen-bond acceptors (Lipinski definition) is 2. The molecular formula is C19H18ClFN2O2. The van der Waals surface area contributed by atoms with Gasteiger partial charge in [-0.2, -0.15) is 0 Å². The number of anilines is 1. The topological polar surface area (TPSA) is 40.6 Å². The highest BCUT2D eigenvalue weighted by Gasteiger charge is 2.34. The van der Waals surface area contributed by atoms with Gasteiger partial charge in [0.2, 0.25) is 0 Å². The maximum absolute atomic E-state index is 13.1. The molecule has 130 valence electrons. The number of nitrogens with zero attached hydrogens (tertiary/aromatic N) is 2. The summed E-state index contributed by atoms with van der Waals surface area (Å²) < 4.78 is 13.1. The highest BCUT2D eigenvalue weighted by Crippen LogP contribution is 2.25. The molecule has 0 bridgehead atoms. The first-order valence-electron chi connectivity index (χ1n) is 8.14. The largest absolute Gasteiger partial charge is 0.328 e. The van der Waals surface area contributed by atoms with Gasteiger partial charge in [0.05, 0.1) is 0 Å². The number of amides is 2. The lowest BCUT2D eigenvalue weighted by Crippen LogP contribution is -2.54. The lowest BCUT2D eigenvalue weighted by Gasteiger charge is -2.34. The van der Waals surface area contributed by atoms with Gasteiger partial charge in [-0.05, 0) is 35.7 Å². The molecule has 1 saturated heterocycles. The van der Waals surface area contributed by atoms with Crippen molar-refractivity contribution in [2.45, 2.75) is 19.9 Å². The normalized spacial score (nSPS) is 15.0. The van der Waals surface area contributed by atoms with Crippen LogP contribution in [0.25, 0.3) is 0 Å². The smallest absolute Gasteiger partial charge is 0.316 e. The minimum atomic E-state index is -0.572. The molecule has 2 aromatic carbocycles. The van der Waals surface area contributed by atoms with Crippen LogP contribution in [0.15, 0.2) is 42.5 Å². The number of piperazine rings is 1. The zero-order valence-corrected chi connectivity index (χ0v) is 14.6. The van der Waals surface area contributed by atoms with Crippen molar-refractivity contribution >= 4 is 29.1 Å². The SMILES string of the molecule is CCc1ccccc1N1CCN(Cc2ccc(F)cc2Cl)C(=O)C1=O. The Bertz CT molecular complexity index is 825. The van der Waals surface area contributed by atoms with Crippen LogP contribution < -0.4 is 4.90 Å². The van der Waals surface area contributed by atoms with E-state index in [1.165, 1.54) is 28.0 Å². The molecule has 0 unspecified atom stereocenters. The maximum atomic E-state index is 13.1. The molecule has 2 amide bonds. The molecule has 1 heterocycles. The fraction of sp³-hybridized carbons (Fsp3) is 0.263. The lowest BCUT2D eigenvalue weighted by atomic mass is 10.1. The molecule has 0 aliphatic carbocycles. The Morgan fingerprint density at radius 2 is 1.80 bits per heavy atom. The Kier molecular flexibility index (Phi) is 5.04. The minimum Gasteiger partial charge on any atom is -0.328 e. The van der Waals surface area contributed by atoms with Crippen molar-refractivity contribution < 1.29 is 14.0 Å². The van der Waals surface area contributed by atoms with E-state index in [4.69, 9.17) is 11.6 Å². The average molecular weight is 361 g/mol. The van der Waals surface area contributed by atoms with Crippen molar-refractivity contribution in [3.8, 4) is 0 Å². The van der Waals surface area contributed by atoms with Crippen LogP contribution in [-0.4, -0.2) is 29.8 Å². The van der Waals surface area contributed by atoms with Crippen molar-refractivity contribution in [1.82, 2.24) is 4.90 Å². The van der Waals surface area contributed by atoms with Crippen LogP contribution in [-0.2, 0) is 22.6 Å². The van der Waals surface area contributed by atoms with Crippen molar-refractivity contribution in [3.63, 3.8) is 0 Å². The van der Waals surface area contributed by atoms with Gasteiger partial charge < -0.3 is 9.80 Å². The Balaban J connectivity index is 1.79. The van der Waals surface area contributed by atoms with E-state index in [0.717, 1.165) is 17.7 Å². The second-order valence-electron chi connectivity index (χ2n) is 5.90. The van der Waals surface area contributed by atoms with E-state index >= 15 is 0 Å². The summed E-state index contributed by atoms with van der Waals surface area (Å²) in [6, 6.07) is 11.6. The van der Waals surface area contributed by atoms with E-state index in [1.54, 1.807) is 0 Å². The van der Waals surface area contributed by atoms with Crippen LogP contribution in [0.3, 0.4) is 0 Å². The minimum absolute atomic E-state index is 0.187. The van der Waals surface area contributed by atoms with Gasteiger partial charge in [-0.3, -0.25) is 9.59 Å². The summed E-state index contributed by atoms with van der Waals surface area (Å²) in [7, 11) is 0. The van der Waals surface area contributed by atoms with Crippen LogP contribution in [0.5, 0.6) is 0 Å². The molecule has 1 fully saturated rings. The van der Waals surface area contributed by atoms with E-state index in [-0.39, 0.29) is 11.6 Å². The fourth-order valence-corrected chi connectivity index (χ4v) is 3.21. The summed E-state index contributed by atoms with van der Waals surface area (Å²) >= 11 is 6.02. The van der Waals surface area contributed by atoms with Crippen molar-refractivity contribution in [2.75, 3.05) is 18.0 Å². The van der Waals surface area contributed by atoms with E-state index in [1.807, 2.05) is 31.2 Å². The van der Waals surface area contributed by atoms with Crippen LogP contribution >= 0.6 is 11.6 Å². The first kappa shape index (κ1) is 17.4. The molecule has 6 heteroatoms. The average Bonchev–Trinajstić information content (AvgIpc) is 2.61. The molecule has 4 nitrogen and oxygen atoms in total. The van der Waals surface area contributed by atoms with Gasteiger partial charge in [0.25, 0.3) is 0 Å². The molecular weight excluding hydrogens is 343 g/mol. The van der Waals surface area contributed by atoms with Gasteiger partial charge in [0, 0.05) is 30.3 Å². The fourth-order valence-electron chi connectivity index (χ4n) is 2.98. The van der Waals surface area contributed by atoms with Gasteiger partial charge >= 0.3 is 11.8 Å². The number of carbonyl (C=O) groups is 2. The highest BCUT2D eigenvalue weighted by molar-refractivity contribution is 6.41. The molecule has 0 saturated carbocycles. The van der Waals surface area contributed by atoms with Crippen molar-refractivity contribution in [1.29, 1.82) is 0 Å². The third-order valence-corrected chi connectivity index (χ3v) is 4.70. The molecule has 0 radical (unpaired) electrons. The van der Waals surface area contributed by atoms with E-state index < -0.39 is 17.6 Å². The third kappa shape index (κ3) is 3.51. The van der Waals surface area contributed by atoms with Crippen molar-refractivity contribution in [2.24, 2.45) is 0 Å². The number of aryl methyl sites for hydroxylation is 1. The van der Waals surface area contributed by atoms with Gasteiger partial charge in [0.15, 0.2) is 0 Å². The number of para-hydroxylation sites is 1. The summed E-state index contributed by atoms with van der Waals surface area (Å²) in [4.78, 5) is 28.1. The van der Waals surface area contributed by atoms with Crippen molar-refractivity contribution in [3.05, 3.63) is 64.4 Å². The molecule has 0 spiro atoms. The first-order valence-corrected chi connectivity index (χ1v) is 8.51. The predicted molar refractivity (Wildman–Crippen MR) is 95.0 cm³/mol. The molecule has 0 N–H and O–H groups in total. The molecule has 1 aliphatic heterocycles. The molecule has 2 aromatic rings. The molecule has 0 aromatic heterocycles. The Morgan fingerprint density at radius 3 is 2.52 bits per heavy atom. The van der Waals surface area contributed by atoms with Gasteiger partial charge in [-0.15, -0.1) is 0 Å². The Morgan fingerprint density at radius 1 is 1.04 bits per heavy atom. The summed E-state index contributed by atoms with van der Waals surface area (Å²) in [5.74, 6) is -1.56. The van der Waals surface area contributed by atoms with Crippen LogP contribution in [0.1, 0.15) is 18.1 Å². The van der Waals surface area contributed by atoms with Gasteiger partial charge in [-0.1, -0.05) is 42.8 Å². The number of hydrogen-bond donors (Lipinski definition) is 0. The van der Waals surface area contributed by atoms with Gasteiger partial charge in [-0.25, -0.2) is 4.39 Å². The van der Waals surface area contributed by atoms with E-state index in [0.29, 0.717) is 18.7 Å². The summed E-state index contributed by atoms with van der Waals surface area (Å²) in [5.41, 5.74) is 2.42. The quantitative estimate of drug-likeness (QED) is 0.784. The van der Waals surface area contributed by atoms with E-state index in [9.17, 15) is 14.0 Å². The number of benzene rings is 2. The zero-order chi connectivity index (χ0) is 18.0. The van der Waals surface area contributed by atoms with Crippen LogP contribution in [0.4, 0.5) is 10.1 Å². The third-order valence-electron chi connectivity index (χ3n) is 4.35. The zero-order valence-electron chi connectivity index (χ0n) is 13.8. The molecule has 3 rings (SSSR count). The molecule has 25 heavy (non-hydrogen) atoms. The summed E-state index contributed by atoms with van der Waals surface area (Å²) in [6.07, 6.45) is 0.781. The first-order chi connectivity index (χ1) is 12.0. The monoisotopic (exact) mass is 360 g/mol. The second-order valence-corrected chi connectivity index (χ2v) is 6.31. The highest BCUT2D eigenvalue weighted by atomic mass is 35.5. The number of rotatable bonds is 4. The van der Waals surface area contributed by atoms with Crippen LogP contribution in [0.2, 0.25) is 5.02 Å². The van der Waals surface area contributed by atoms with Crippen LogP contribution in [0, 0.1) is 5.82 Å². The lowest BCUT2D eigenvalue weighted by molar-refractivity contribution is -0.146. The predicted octanol–water partition coefficient (Wildman–Crippen LogP) is 3.42. The molecule has 1 aliphatic rings. The number of carbonyl (C=O) groups excluding carboxylic acids is 2. The standard InChI is InChI=1S/C19H18ClFN2O2/c1-2-13-5-3-4-6-17(13)23-10-9-22(18(24)19(23)25)12-14-7-8-15(21)11-16(14)20/h3-8,11H,2,9-10,12H2,1H3. The Labute approximate surface area is 150 Å². The molecule has 0 atom stereocenters. The maximum Gasteiger partial charge on any atom is 0.316 e.